The lowest BCUT2D eigenvalue weighted by atomic mass is 9.92. The summed E-state index contributed by atoms with van der Waals surface area (Å²) in [5, 5.41) is 29.6. The van der Waals surface area contributed by atoms with Crippen LogP contribution in [0, 0.1) is 0 Å². The van der Waals surface area contributed by atoms with Crippen molar-refractivity contribution in [3.05, 3.63) is 32.6 Å². The predicted molar refractivity (Wildman–Crippen MR) is 112 cm³/mol. The van der Waals surface area contributed by atoms with Crippen molar-refractivity contribution in [2.45, 2.75) is 88.7 Å². The summed E-state index contributed by atoms with van der Waals surface area (Å²) < 4.78 is 25.3. The van der Waals surface area contributed by atoms with Crippen LogP contribution in [0.15, 0.2) is 15.8 Å². The van der Waals surface area contributed by atoms with E-state index in [0.29, 0.717) is 0 Å². The van der Waals surface area contributed by atoms with Crippen LogP contribution in [-0.2, 0) is 20.9 Å². The van der Waals surface area contributed by atoms with E-state index in [1.165, 1.54) is 13.2 Å². The Labute approximate surface area is 180 Å². The number of aromatic nitrogens is 2. The van der Waals surface area contributed by atoms with Crippen molar-refractivity contribution < 1.29 is 34.0 Å². The van der Waals surface area contributed by atoms with Gasteiger partial charge in [-0.2, -0.15) is 0 Å². The Morgan fingerprint density at radius 1 is 1.19 bits per heavy atom. The highest BCUT2D eigenvalue weighted by Crippen LogP contribution is 2.60. The first kappa shape index (κ1) is 25.9. The molecule has 178 valence electrons. The largest absolute Gasteiger partial charge is 0.388 e. The van der Waals surface area contributed by atoms with Crippen LogP contribution in [0.3, 0.4) is 0 Å². The minimum atomic E-state index is -4.47. The van der Waals surface area contributed by atoms with Crippen molar-refractivity contribution in [1.29, 1.82) is 0 Å². The van der Waals surface area contributed by atoms with E-state index in [-0.39, 0.29) is 31.2 Å². The number of aliphatic hydroxyl groups is 3. The molecule has 1 aliphatic heterocycles. The number of hydrogen-bond acceptors (Lipinski definition) is 8. The summed E-state index contributed by atoms with van der Waals surface area (Å²) in [6.07, 6.45) is -3.71. The van der Waals surface area contributed by atoms with E-state index in [9.17, 15) is 34.4 Å². The Morgan fingerprint density at radius 2 is 1.77 bits per heavy atom. The molecule has 0 saturated carbocycles. The first-order chi connectivity index (χ1) is 14.2. The average molecular weight is 464 g/mol. The number of H-pyrrole nitrogens is 1. The van der Waals surface area contributed by atoms with Gasteiger partial charge in [-0.25, -0.2) is 4.79 Å². The van der Waals surface area contributed by atoms with E-state index < -0.39 is 54.2 Å². The molecule has 0 radical (unpaired) electrons. The molecule has 0 bridgehead atoms. The zero-order chi connectivity index (χ0) is 23.8. The van der Waals surface area contributed by atoms with Crippen molar-refractivity contribution in [1.82, 2.24) is 9.55 Å². The van der Waals surface area contributed by atoms with Crippen molar-refractivity contribution in [2.75, 3.05) is 0 Å². The van der Waals surface area contributed by atoms with E-state index in [4.69, 9.17) is 9.26 Å². The highest BCUT2D eigenvalue weighted by molar-refractivity contribution is 7.54. The molecule has 2 heterocycles. The maximum atomic E-state index is 12.8. The van der Waals surface area contributed by atoms with Gasteiger partial charge in [-0.05, 0) is 26.2 Å². The van der Waals surface area contributed by atoms with Crippen LogP contribution in [-0.4, -0.2) is 59.0 Å². The number of aliphatic hydroxyl groups excluding tert-OH is 2. The van der Waals surface area contributed by atoms with Crippen molar-refractivity contribution in [2.24, 2.45) is 7.05 Å². The van der Waals surface area contributed by atoms with Gasteiger partial charge in [-0.1, -0.05) is 20.8 Å². The van der Waals surface area contributed by atoms with Crippen LogP contribution in [0.25, 0.3) is 0 Å². The minimum absolute atomic E-state index is 0.00984. The third kappa shape index (κ3) is 5.03. The third-order valence-corrected chi connectivity index (χ3v) is 8.56. The predicted octanol–water partition coefficient (Wildman–Crippen LogP) is 0.505. The van der Waals surface area contributed by atoms with Crippen LogP contribution < -0.4 is 11.2 Å². The fourth-order valence-corrected chi connectivity index (χ4v) is 5.44. The van der Waals surface area contributed by atoms with Gasteiger partial charge in [0, 0.05) is 19.7 Å². The van der Waals surface area contributed by atoms with Gasteiger partial charge in [0.15, 0.2) is 5.34 Å². The Bertz CT molecular complexity index is 941. The van der Waals surface area contributed by atoms with E-state index in [1.54, 1.807) is 27.7 Å². The van der Waals surface area contributed by atoms with Gasteiger partial charge in [0.1, 0.15) is 18.3 Å². The second kappa shape index (κ2) is 9.27. The van der Waals surface area contributed by atoms with Crippen molar-refractivity contribution in [3.63, 3.8) is 0 Å². The van der Waals surface area contributed by atoms with Gasteiger partial charge in [0.2, 0.25) is 0 Å². The number of hydrogen-bond donors (Lipinski definition) is 5. The Morgan fingerprint density at radius 3 is 2.29 bits per heavy atom. The second-order valence-electron chi connectivity index (χ2n) is 8.34. The Hall–Kier alpha value is -1.33. The van der Waals surface area contributed by atoms with Crippen LogP contribution in [0.1, 0.15) is 65.0 Å². The summed E-state index contributed by atoms with van der Waals surface area (Å²) in [7, 11) is -3.06. The molecule has 11 nitrogen and oxygen atoms in total. The van der Waals surface area contributed by atoms with Gasteiger partial charge < -0.3 is 34.0 Å². The molecule has 1 fully saturated rings. The fraction of sp³-hybridized carbons (Fsp3) is 0.789. The molecule has 1 aromatic heterocycles. The molecule has 0 spiro atoms. The lowest BCUT2D eigenvalue weighted by Crippen LogP contribution is -2.40. The van der Waals surface area contributed by atoms with Crippen molar-refractivity contribution >= 4 is 7.60 Å². The third-order valence-electron chi connectivity index (χ3n) is 6.19. The van der Waals surface area contributed by atoms with E-state index in [2.05, 4.69) is 4.98 Å². The fourth-order valence-electron chi connectivity index (χ4n) is 3.67. The van der Waals surface area contributed by atoms with Crippen LogP contribution in [0.2, 0.25) is 0 Å². The molecule has 6 atom stereocenters. The molecule has 2 rings (SSSR count). The molecule has 0 aromatic carbocycles. The summed E-state index contributed by atoms with van der Waals surface area (Å²) in [6.45, 7) is 6.42. The SMILES string of the molecule is CCC(C)(CC1O[C@@H](c2cn(C)c(=O)[nH]c2=O)[C@H](O)[C@@H]1O)OP(=O)(O)C(O)(CC)CC. The molecular weight excluding hydrogens is 431 g/mol. The molecule has 1 saturated heterocycles. The van der Waals surface area contributed by atoms with E-state index in [1.807, 2.05) is 0 Å². The minimum Gasteiger partial charge on any atom is -0.388 e. The summed E-state index contributed by atoms with van der Waals surface area (Å²) in [4.78, 5) is 36.3. The van der Waals surface area contributed by atoms with E-state index in [0.717, 1.165) is 4.57 Å². The van der Waals surface area contributed by atoms with Gasteiger partial charge >= 0.3 is 13.3 Å². The van der Waals surface area contributed by atoms with Crippen LogP contribution in [0.4, 0.5) is 0 Å². The van der Waals surface area contributed by atoms with Gasteiger partial charge in [-0.3, -0.25) is 14.3 Å². The molecule has 3 unspecified atom stereocenters. The number of ether oxygens (including phenoxy) is 1. The first-order valence-electron chi connectivity index (χ1n) is 10.3. The van der Waals surface area contributed by atoms with Crippen LogP contribution >= 0.6 is 7.60 Å². The number of nitrogens with zero attached hydrogens (tertiary/aromatic N) is 1. The number of aryl methyl sites for hydroxylation is 1. The zero-order valence-electron chi connectivity index (χ0n) is 18.4. The summed E-state index contributed by atoms with van der Waals surface area (Å²) in [6, 6.07) is 0. The highest BCUT2D eigenvalue weighted by Gasteiger charge is 2.51. The maximum absolute atomic E-state index is 12.8. The van der Waals surface area contributed by atoms with Crippen molar-refractivity contribution in [3.8, 4) is 0 Å². The quantitative estimate of drug-likeness (QED) is 0.326. The molecule has 31 heavy (non-hydrogen) atoms. The van der Waals surface area contributed by atoms with E-state index >= 15 is 0 Å². The Balaban J connectivity index is 2.28. The smallest absolute Gasteiger partial charge is 0.359 e. The topological polar surface area (TPSA) is 171 Å². The highest BCUT2D eigenvalue weighted by atomic mass is 31.2. The lowest BCUT2D eigenvalue weighted by molar-refractivity contribution is -0.0546. The molecular formula is C19H33N2O9P. The van der Waals surface area contributed by atoms with Gasteiger partial charge in [0.25, 0.3) is 5.56 Å². The normalized spacial score (nSPS) is 28.3. The second-order valence-corrected chi connectivity index (χ2v) is 10.4. The monoisotopic (exact) mass is 464 g/mol. The molecule has 5 N–H and O–H groups in total. The standard InChI is InChI=1S/C19H33N2O9P/c1-6-18(4,30-31(27,28)19(26,7-2)8-3)9-12-13(22)14(23)15(29-12)11-10-21(5)17(25)20-16(11)24/h10,12-15,22-23,26H,6-9H2,1-5H3,(H,27,28)(H,20,24,25)/t12?,13-,14-,15+,18?/m1/s1. The summed E-state index contributed by atoms with van der Waals surface area (Å²) in [5.41, 5.74) is -2.69. The number of aromatic amines is 1. The molecule has 12 heteroatoms. The molecule has 0 amide bonds. The number of nitrogens with one attached hydrogen (secondary N) is 1. The number of rotatable bonds is 9. The van der Waals surface area contributed by atoms with Crippen LogP contribution in [0.5, 0.6) is 0 Å². The summed E-state index contributed by atoms with van der Waals surface area (Å²) >= 11 is 0. The molecule has 0 aliphatic carbocycles. The first-order valence-corrected chi connectivity index (χ1v) is 11.9. The molecule has 1 aromatic rings. The average Bonchev–Trinajstić information content (AvgIpc) is 2.97. The Kier molecular flexibility index (Phi) is 7.75. The maximum Gasteiger partial charge on any atom is 0.359 e. The summed E-state index contributed by atoms with van der Waals surface area (Å²) in [5.74, 6) is 0. The molecule has 1 aliphatic rings. The van der Waals surface area contributed by atoms with Gasteiger partial charge in [-0.15, -0.1) is 0 Å². The zero-order valence-corrected chi connectivity index (χ0v) is 19.3. The lowest BCUT2D eigenvalue weighted by Gasteiger charge is -2.38. The van der Waals surface area contributed by atoms with Gasteiger partial charge in [0.05, 0.1) is 17.3 Å².